The van der Waals surface area contributed by atoms with Crippen molar-refractivity contribution in [3.8, 4) is 11.5 Å². The van der Waals surface area contributed by atoms with Gasteiger partial charge in [-0.25, -0.2) is 20.0 Å². The second-order valence-corrected chi connectivity index (χ2v) is 21.9. The smallest absolute Gasteiger partial charge is 0.256 e. The molecule has 73 heavy (non-hydrogen) atoms. The van der Waals surface area contributed by atoms with Crippen molar-refractivity contribution in [2.24, 2.45) is 21.8 Å². The number of ether oxygens (including phenoxy) is 2. The number of hydrogen-bond donors (Lipinski definition) is 2. The van der Waals surface area contributed by atoms with Crippen LogP contribution in [-0.4, -0.2) is 36.7 Å². The summed E-state index contributed by atoms with van der Waals surface area (Å²) in [6.45, 7) is 5.58. The molecule has 18 heteroatoms. The van der Waals surface area contributed by atoms with Crippen LogP contribution in [0.5, 0.6) is 11.5 Å². The number of amides is 2. The van der Waals surface area contributed by atoms with Crippen molar-refractivity contribution < 1.29 is 19.1 Å². The Labute approximate surface area is 471 Å². The van der Waals surface area contributed by atoms with Gasteiger partial charge in [-0.15, -0.1) is 0 Å². The Kier molecular flexibility index (Phi) is 24.6. The second kappa shape index (κ2) is 30.4. The molecule has 0 spiro atoms. The van der Waals surface area contributed by atoms with E-state index in [-0.39, 0.29) is 69.6 Å². The van der Waals surface area contributed by atoms with Gasteiger partial charge in [0.1, 0.15) is 46.4 Å². The van der Waals surface area contributed by atoms with E-state index in [2.05, 4.69) is 24.7 Å². The number of aliphatic imine (C=N–C) groups is 2. The summed E-state index contributed by atoms with van der Waals surface area (Å²) in [5, 5.41) is 3.91. The molecule has 0 aromatic heterocycles. The third-order valence-corrected chi connectivity index (χ3v) is 15.1. The van der Waals surface area contributed by atoms with Crippen LogP contribution in [0.3, 0.4) is 0 Å². The Morgan fingerprint density at radius 2 is 0.753 bits per heavy atom. The first-order valence-corrected chi connectivity index (χ1v) is 28.8. The summed E-state index contributed by atoms with van der Waals surface area (Å²) in [4.78, 5) is 39.3. The molecule has 2 heterocycles. The number of hydrogen-bond acceptors (Lipinski definition) is 6. The van der Waals surface area contributed by atoms with Gasteiger partial charge in [0.25, 0.3) is 11.8 Å². The van der Waals surface area contributed by atoms with E-state index in [1.165, 1.54) is 137 Å². The normalized spacial score (nSPS) is 16.8. The lowest BCUT2D eigenvalue weighted by Crippen LogP contribution is -2.36. The summed E-state index contributed by atoms with van der Waals surface area (Å²) in [5.41, 5.74) is 7.19. The summed E-state index contributed by atoms with van der Waals surface area (Å²) in [6, 6.07) is 16.3. The first kappa shape index (κ1) is 58.9. The van der Waals surface area contributed by atoms with Crippen molar-refractivity contribution in [1.82, 2.24) is 10.9 Å². The predicted octanol–water partition coefficient (Wildman–Crippen LogP) is 19.0. The minimum absolute atomic E-state index is 0.102. The maximum atomic E-state index is 14.8. The Balaban J connectivity index is 1.22. The maximum absolute atomic E-state index is 14.8. The van der Waals surface area contributed by atoms with Crippen LogP contribution in [0.4, 0.5) is 22.7 Å². The van der Waals surface area contributed by atoms with Gasteiger partial charge in [0.05, 0.1) is 54.7 Å². The number of anilines is 2. The number of nitrogens with zero attached hydrogens (tertiary/aromatic N) is 4. The molecular formula is C55H66Cl8N6O4. The molecule has 6 rings (SSSR count). The van der Waals surface area contributed by atoms with Crippen molar-refractivity contribution in [3.05, 3.63) is 101 Å². The molecule has 2 saturated heterocycles. The van der Waals surface area contributed by atoms with E-state index in [0.29, 0.717) is 36.1 Å². The molecule has 10 nitrogen and oxygen atoms in total. The molecule has 2 unspecified atom stereocenters. The topological polar surface area (TPSA) is 108 Å². The highest BCUT2D eigenvalue weighted by Gasteiger charge is 2.48. The van der Waals surface area contributed by atoms with Crippen LogP contribution in [-0.2, 0) is 9.59 Å². The SMILES string of the molecule is CCCCCCCCCCCCOc1ccc(N=C2NN(c3c(Cl)cc(Cl)cc3Cl)C(=O)C2CC2C(=O)N(c3c(Cl)cc(Cl)cc3Cl)NC2=Nc2ccc(OCCCCCCCCCCCC)cc2Cl)c(Cl)c1. The molecule has 4 aromatic rings. The number of benzene rings is 4. The standard InChI is InChI=1S/C55H66Cl8N6O4/c1-3-5-7-9-11-13-15-17-19-21-27-72-38-23-25-48(42(58)33-38)64-52-40(54(70)68(66-52)50-44(60)29-36(56)30-45(50)61)35-41-53(67-69(55(41)71)51-46(62)31-37(57)32-47(51)63)65-49-26-24-39(34-43(49)59)73-28-22-20-18-16-14-12-10-8-6-4-2/h23-26,29-34,40-41H,3-22,27-28,35H2,1-2H3,(H,64,66)(H,65,67). The molecule has 0 aliphatic carbocycles. The third kappa shape index (κ3) is 17.3. The molecule has 2 aliphatic heterocycles. The predicted molar refractivity (Wildman–Crippen MR) is 308 cm³/mol. The van der Waals surface area contributed by atoms with Crippen molar-refractivity contribution in [2.75, 3.05) is 23.2 Å². The van der Waals surface area contributed by atoms with Gasteiger partial charge in [-0.1, -0.05) is 222 Å². The van der Waals surface area contributed by atoms with Gasteiger partial charge >= 0.3 is 0 Å². The van der Waals surface area contributed by atoms with E-state index in [9.17, 15) is 9.59 Å². The molecular weight excluding hydrogens is 1090 g/mol. The van der Waals surface area contributed by atoms with Gasteiger partial charge in [-0.05, 0) is 67.8 Å². The molecule has 4 aromatic carbocycles. The molecule has 2 atom stereocenters. The molecule has 0 saturated carbocycles. The first-order valence-electron chi connectivity index (χ1n) is 25.8. The number of rotatable bonds is 30. The van der Waals surface area contributed by atoms with E-state index in [4.69, 9.17) is 112 Å². The van der Waals surface area contributed by atoms with E-state index >= 15 is 0 Å². The highest BCUT2D eigenvalue weighted by Crippen LogP contribution is 2.43. The average molecular weight is 1160 g/mol. The first-order chi connectivity index (χ1) is 35.3. The van der Waals surface area contributed by atoms with Crippen molar-refractivity contribution in [2.45, 2.75) is 149 Å². The van der Waals surface area contributed by atoms with Gasteiger partial charge in [0, 0.05) is 22.2 Å². The lowest BCUT2D eigenvalue weighted by molar-refractivity contribution is -0.121. The molecule has 2 amide bonds. The van der Waals surface area contributed by atoms with E-state index in [1.807, 2.05) is 0 Å². The number of amidine groups is 2. The lowest BCUT2D eigenvalue weighted by Gasteiger charge is -2.20. The Morgan fingerprint density at radius 1 is 0.438 bits per heavy atom. The fourth-order valence-electron chi connectivity index (χ4n) is 8.89. The zero-order valence-corrected chi connectivity index (χ0v) is 47.7. The quantitative estimate of drug-likeness (QED) is 0.0504. The van der Waals surface area contributed by atoms with E-state index in [1.54, 1.807) is 36.4 Å². The van der Waals surface area contributed by atoms with Crippen molar-refractivity contribution >= 4 is 139 Å². The summed E-state index contributed by atoms with van der Waals surface area (Å²) < 4.78 is 12.1. The number of nitrogens with one attached hydrogen (secondary N) is 2. The minimum Gasteiger partial charge on any atom is -0.494 e. The fourth-order valence-corrected chi connectivity index (χ4v) is 11.3. The third-order valence-electron chi connectivity index (χ3n) is 12.9. The number of carbonyl (C=O) groups excluding carboxylic acids is 2. The zero-order valence-electron chi connectivity index (χ0n) is 41.6. The minimum atomic E-state index is -1.11. The highest BCUT2D eigenvalue weighted by atomic mass is 35.5. The summed E-state index contributed by atoms with van der Waals surface area (Å²) in [7, 11) is 0. The molecule has 2 aliphatic rings. The number of carbonyl (C=O) groups is 2. The van der Waals surface area contributed by atoms with Gasteiger partial charge < -0.3 is 9.47 Å². The molecule has 0 radical (unpaired) electrons. The largest absolute Gasteiger partial charge is 0.494 e. The van der Waals surface area contributed by atoms with Gasteiger partial charge in [-0.2, -0.15) is 0 Å². The van der Waals surface area contributed by atoms with Gasteiger partial charge in [-0.3, -0.25) is 20.4 Å². The summed E-state index contributed by atoms with van der Waals surface area (Å²) >= 11 is 53.1. The van der Waals surface area contributed by atoms with E-state index < -0.39 is 23.7 Å². The summed E-state index contributed by atoms with van der Waals surface area (Å²) in [5.74, 6) is -1.77. The highest BCUT2D eigenvalue weighted by molar-refractivity contribution is 6.44. The van der Waals surface area contributed by atoms with Crippen LogP contribution in [0.15, 0.2) is 70.6 Å². The number of halogens is 8. The number of hydrazine groups is 2. The van der Waals surface area contributed by atoms with Crippen molar-refractivity contribution in [1.29, 1.82) is 0 Å². The Morgan fingerprint density at radius 3 is 1.07 bits per heavy atom. The monoisotopic (exact) mass is 1150 g/mol. The van der Waals surface area contributed by atoms with Crippen LogP contribution in [0.1, 0.15) is 149 Å². The average Bonchev–Trinajstić information content (AvgIpc) is 3.80. The fraction of sp³-hybridized carbons (Fsp3) is 0.491. The maximum Gasteiger partial charge on any atom is 0.256 e. The van der Waals surface area contributed by atoms with Gasteiger partial charge in [0.15, 0.2) is 0 Å². The summed E-state index contributed by atoms with van der Waals surface area (Å²) in [6.07, 6.45) is 24.3. The second-order valence-electron chi connectivity index (χ2n) is 18.6. The number of unbranched alkanes of at least 4 members (excludes halogenated alkanes) is 18. The molecule has 0 bridgehead atoms. The molecule has 2 fully saturated rings. The van der Waals surface area contributed by atoms with Crippen molar-refractivity contribution in [3.63, 3.8) is 0 Å². The molecule has 396 valence electrons. The Bertz CT molecular complexity index is 2330. The van der Waals surface area contributed by atoms with E-state index in [0.717, 1.165) is 25.7 Å². The zero-order chi connectivity index (χ0) is 52.3. The van der Waals surface area contributed by atoms with Gasteiger partial charge in [0.2, 0.25) is 0 Å². The Hall–Kier alpha value is -3.32. The van der Waals surface area contributed by atoms with Crippen LogP contribution in [0.2, 0.25) is 40.2 Å². The van der Waals surface area contributed by atoms with Crippen LogP contribution in [0.25, 0.3) is 0 Å². The van der Waals surface area contributed by atoms with Crippen LogP contribution in [0, 0.1) is 11.8 Å². The lowest BCUT2D eigenvalue weighted by atomic mass is 9.92. The molecule has 2 N–H and O–H groups in total. The van der Waals surface area contributed by atoms with Crippen LogP contribution >= 0.6 is 92.8 Å². The van der Waals surface area contributed by atoms with Crippen LogP contribution < -0.4 is 30.3 Å².